The number of halogens is 2. The van der Waals surface area contributed by atoms with Gasteiger partial charge in [0.15, 0.2) is 0 Å². The highest BCUT2D eigenvalue weighted by Gasteiger charge is 2.25. The lowest BCUT2D eigenvalue weighted by molar-refractivity contribution is 0.0884. The molecule has 0 aromatic heterocycles. The monoisotopic (exact) mass is 243 g/mol. The van der Waals surface area contributed by atoms with Crippen molar-refractivity contribution >= 4 is 0 Å². The van der Waals surface area contributed by atoms with Crippen molar-refractivity contribution in [1.29, 1.82) is 0 Å². The Bertz CT molecular complexity index is 350. The summed E-state index contributed by atoms with van der Waals surface area (Å²) in [4.78, 5) is 0. The fourth-order valence-corrected chi connectivity index (χ4v) is 1.90. The predicted molar refractivity (Wildman–Crippen MR) is 63.6 cm³/mol. The van der Waals surface area contributed by atoms with Crippen molar-refractivity contribution in [1.82, 2.24) is 0 Å². The summed E-state index contributed by atoms with van der Waals surface area (Å²) in [6, 6.07) is 3.27. The van der Waals surface area contributed by atoms with Gasteiger partial charge in [-0.05, 0) is 23.6 Å². The van der Waals surface area contributed by atoms with Crippen LogP contribution < -0.4 is 5.73 Å². The van der Waals surface area contributed by atoms with Crippen molar-refractivity contribution in [3.8, 4) is 0 Å². The standard InChI is InChI=1S/C13H19F2NO/c1-3-8(2)13(17)12(7-16)9-4-10(14)6-11(15)5-9/h4-6,8,12-13,17H,3,7,16H2,1-2H3. The molecule has 1 aromatic carbocycles. The van der Waals surface area contributed by atoms with Crippen LogP contribution in [-0.4, -0.2) is 17.8 Å². The van der Waals surface area contributed by atoms with Crippen LogP contribution in [0.1, 0.15) is 31.7 Å². The molecule has 0 spiro atoms. The molecule has 17 heavy (non-hydrogen) atoms. The molecule has 3 atom stereocenters. The van der Waals surface area contributed by atoms with E-state index in [0.717, 1.165) is 12.5 Å². The predicted octanol–water partition coefficient (Wildman–Crippen LogP) is 2.41. The minimum Gasteiger partial charge on any atom is -0.392 e. The molecular formula is C13H19F2NO. The van der Waals surface area contributed by atoms with Crippen LogP contribution in [0.15, 0.2) is 18.2 Å². The van der Waals surface area contributed by atoms with Crippen molar-refractivity contribution < 1.29 is 13.9 Å². The van der Waals surface area contributed by atoms with E-state index >= 15 is 0 Å². The zero-order valence-electron chi connectivity index (χ0n) is 10.2. The molecule has 2 nitrogen and oxygen atoms in total. The minimum absolute atomic E-state index is 0.0369. The summed E-state index contributed by atoms with van der Waals surface area (Å²) in [5, 5.41) is 10.1. The molecule has 96 valence electrons. The number of hydrogen-bond donors (Lipinski definition) is 2. The summed E-state index contributed by atoms with van der Waals surface area (Å²) in [5.74, 6) is -1.69. The summed E-state index contributed by atoms with van der Waals surface area (Å²) in [6.07, 6.45) is 0.0985. The van der Waals surface area contributed by atoms with Gasteiger partial charge in [0.2, 0.25) is 0 Å². The molecule has 0 radical (unpaired) electrons. The first-order valence-electron chi connectivity index (χ1n) is 5.83. The minimum atomic E-state index is -0.689. The van der Waals surface area contributed by atoms with E-state index in [9.17, 15) is 13.9 Å². The molecule has 3 unspecified atom stereocenters. The fraction of sp³-hybridized carbons (Fsp3) is 0.538. The van der Waals surface area contributed by atoms with Gasteiger partial charge >= 0.3 is 0 Å². The molecule has 0 aliphatic carbocycles. The van der Waals surface area contributed by atoms with Crippen LogP contribution in [0, 0.1) is 17.6 Å². The summed E-state index contributed by atoms with van der Waals surface area (Å²) < 4.78 is 26.2. The van der Waals surface area contributed by atoms with E-state index < -0.39 is 23.7 Å². The third kappa shape index (κ3) is 3.48. The number of benzene rings is 1. The van der Waals surface area contributed by atoms with Crippen molar-refractivity contribution in [2.45, 2.75) is 32.3 Å². The van der Waals surface area contributed by atoms with E-state index in [2.05, 4.69) is 0 Å². The van der Waals surface area contributed by atoms with Crippen LogP contribution in [0.25, 0.3) is 0 Å². The first-order valence-corrected chi connectivity index (χ1v) is 5.83. The van der Waals surface area contributed by atoms with E-state index in [-0.39, 0.29) is 12.5 Å². The number of aliphatic hydroxyl groups is 1. The van der Waals surface area contributed by atoms with E-state index in [0.29, 0.717) is 5.56 Å². The molecule has 0 amide bonds. The van der Waals surface area contributed by atoms with E-state index in [1.165, 1.54) is 12.1 Å². The highest BCUT2D eigenvalue weighted by molar-refractivity contribution is 5.23. The molecule has 0 aliphatic heterocycles. The second-order valence-corrected chi connectivity index (χ2v) is 4.42. The Morgan fingerprint density at radius 3 is 2.18 bits per heavy atom. The lowest BCUT2D eigenvalue weighted by Crippen LogP contribution is -2.31. The fourth-order valence-electron chi connectivity index (χ4n) is 1.90. The number of aliphatic hydroxyl groups excluding tert-OH is 1. The van der Waals surface area contributed by atoms with Crippen LogP contribution in [0.3, 0.4) is 0 Å². The van der Waals surface area contributed by atoms with Crippen LogP contribution >= 0.6 is 0 Å². The molecule has 0 saturated carbocycles. The molecule has 0 heterocycles. The molecule has 0 bridgehead atoms. The van der Waals surface area contributed by atoms with Gasteiger partial charge in [-0.25, -0.2) is 8.78 Å². The normalized spacial score (nSPS) is 16.6. The van der Waals surface area contributed by atoms with Crippen LogP contribution in [0.4, 0.5) is 8.78 Å². The average Bonchev–Trinajstić information content (AvgIpc) is 2.27. The Balaban J connectivity index is 3.00. The third-order valence-corrected chi connectivity index (χ3v) is 3.21. The molecule has 3 N–H and O–H groups in total. The maximum absolute atomic E-state index is 13.1. The zero-order valence-corrected chi connectivity index (χ0v) is 10.2. The molecule has 0 aliphatic rings. The largest absolute Gasteiger partial charge is 0.392 e. The molecular weight excluding hydrogens is 224 g/mol. The summed E-state index contributed by atoms with van der Waals surface area (Å²) in [5.41, 5.74) is 6.01. The average molecular weight is 243 g/mol. The highest BCUT2D eigenvalue weighted by atomic mass is 19.1. The van der Waals surface area contributed by atoms with Crippen molar-refractivity contribution in [3.63, 3.8) is 0 Å². The van der Waals surface area contributed by atoms with Gasteiger partial charge in [-0.1, -0.05) is 20.3 Å². The van der Waals surface area contributed by atoms with Gasteiger partial charge in [0.25, 0.3) is 0 Å². The topological polar surface area (TPSA) is 46.2 Å². The molecule has 0 fully saturated rings. The zero-order chi connectivity index (χ0) is 13.0. The summed E-state index contributed by atoms with van der Waals surface area (Å²) in [7, 11) is 0. The quantitative estimate of drug-likeness (QED) is 0.834. The number of rotatable bonds is 5. The second-order valence-electron chi connectivity index (χ2n) is 4.42. The Morgan fingerprint density at radius 1 is 1.24 bits per heavy atom. The molecule has 0 saturated heterocycles. The van der Waals surface area contributed by atoms with Crippen molar-refractivity contribution in [2.24, 2.45) is 11.7 Å². The van der Waals surface area contributed by atoms with Crippen molar-refractivity contribution in [2.75, 3.05) is 6.54 Å². The van der Waals surface area contributed by atoms with Crippen LogP contribution in [-0.2, 0) is 0 Å². The number of hydrogen-bond acceptors (Lipinski definition) is 2. The third-order valence-electron chi connectivity index (χ3n) is 3.21. The first-order chi connectivity index (χ1) is 7.99. The summed E-state index contributed by atoms with van der Waals surface area (Å²) >= 11 is 0. The SMILES string of the molecule is CCC(C)C(O)C(CN)c1cc(F)cc(F)c1. The lowest BCUT2D eigenvalue weighted by atomic mass is 9.85. The van der Waals surface area contributed by atoms with Gasteiger partial charge in [0.05, 0.1) is 6.10 Å². The maximum atomic E-state index is 13.1. The van der Waals surface area contributed by atoms with E-state index in [1.54, 1.807) is 0 Å². The van der Waals surface area contributed by atoms with Gasteiger partial charge in [-0.15, -0.1) is 0 Å². The van der Waals surface area contributed by atoms with Gasteiger partial charge in [-0.2, -0.15) is 0 Å². The van der Waals surface area contributed by atoms with Crippen LogP contribution in [0.2, 0.25) is 0 Å². The van der Waals surface area contributed by atoms with Crippen molar-refractivity contribution in [3.05, 3.63) is 35.4 Å². The van der Waals surface area contributed by atoms with E-state index in [4.69, 9.17) is 5.73 Å². The number of nitrogens with two attached hydrogens (primary N) is 1. The Labute approximate surface area is 100 Å². The molecule has 1 rings (SSSR count). The lowest BCUT2D eigenvalue weighted by Gasteiger charge is -2.26. The highest BCUT2D eigenvalue weighted by Crippen LogP contribution is 2.26. The van der Waals surface area contributed by atoms with Gasteiger partial charge in [0.1, 0.15) is 11.6 Å². The summed E-state index contributed by atoms with van der Waals surface area (Å²) in [6.45, 7) is 4.00. The van der Waals surface area contributed by atoms with E-state index in [1.807, 2.05) is 13.8 Å². The molecule has 1 aromatic rings. The first kappa shape index (κ1) is 14.1. The second kappa shape index (κ2) is 6.07. The Hall–Kier alpha value is -1.00. The molecule has 4 heteroatoms. The Morgan fingerprint density at radius 2 is 1.76 bits per heavy atom. The Kier molecular flexibility index (Phi) is 5.02. The van der Waals surface area contributed by atoms with Crippen LogP contribution in [0.5, 0.6) is 0 Å². The maximum Gasteiger partial charge on any atom is 0.126 e. The van der Waals surface area contributed by atoms with Gasteiger partial charge in [0, 0.05) is 18.5 Å². The smallest absolute Gasteiger partial charge is 0.126 e. The van der Waals surface area contributed by atoms with Gasteiger partial charge < -0.3 is 10.8 Å². The van der Waals surface area contributed by atoms with Gasteiger partial charge in [-0.3, -0.25) is 0 Å².